The topological polar surface area (TPSA) is 29.1 Å². The van der Waals surface area contributed by atoms with E-state index in [0.29, 0.717) is 0 Å². The van der Waals surface area contributed by atoms with Crippen LogP contribution in [-0.2, 0) is 4.79 Å². The molecule has 0 fully saturated rings. The standard InChI is InChI=1S/C15H14FNOS/c1-11(12-4-6-13(16)7-5-12)17-15(18)9-8-14-3-2-10-19-14/h2-11H,1H3,(H,17,18)/b9-8+. The third-order valence-electron chi connectivity index (χ3n) is 2.67. The number of nitrogens with one attached hydrogen (secondary N) is 1. The highest BCUT2D eigenvalue weighted by Crippen LogP contribution is 2.13. The maximum absolute atomic E-state index is 12.8. The minimum Gasteiger partial charge on any atom is -0.346 e. The summed E-state index contributed by atoms with van der Waals surface area (Å²) in [5.41, 5.74) is 0.874. The molecular weight excluding hydrogens is 261 g/mol. The van der Waals surface area contributed by atoms with Crippen LogP contribution in [0.5, 0.6) is 0 Å². The SMILES string of the molecule is CC(NC(=O)/C=C/c1cccs1)c1ccc(F)cc1. The molecule has 0 aliphatic carbocycles. The minimum atomic E-state index is -0.278. The maximum Gasteiger partial charge on any atom is 0.244 e. The van der Waals surface area contributed by atoms with Crippen molar-refractivity contribution in [1.82, 2.24) is 5.32 Å². The lowest BCUT2D eigenvalue weighted by Crippen LogP contribution is -2.24. The van der Waals surface area contributed by atoms with Crippen molar-refractivity contribution in [1.29, 1.82) is 0 Å². The van der Waals surface area contributed by atoms with E-state index in [4.69, 9.17) is 0 Å². The van der Waals surface area contributed by atoms with E-state index in [1.165, 1.54) is 18.2 Å². The van der Waals surface area contributed by atoms with Crippen molar-refractivity contribution in [3.63, 3.8) is 0 Å². The summed E-state index contributed by atoms with van der Waals surface area (Å²) in [6.45, 7) is 1.87. The van der Waals surface area contributed by atoms with Gasteiger partial charge in [0.2, 0.25) is 5.91 Å². The molecule has 0 bridgehead atoms. The van der Waals surface area contributed by atoms with E-state index in [9.17, 15) is 9.18 Å². The number of benzene rings is 1. The van der Waals surface area contributed by atoms with Crippen LogP contribution in [0.15, 0.2) is 47.9 Å². The highest BCUT2D eigenvalue weighted by molar-refractivity contribution is 7.10. The average molecular weight is 275 g/mol. The largest absolute Gasteiger partial charge is 0.346 e. The first-order valence-electron chi connectivity index (χ1n) is 5.93. The Balaban J connectivity index is 1.93. The summed E-state index contributed by atoms with van der Waals surface area (Å²) in [4.78, 5) is 12.8. The molecule has 19 heavy (non-hydrogen) atoms. The molecule has 0 spiro atoms. The number of hydrogen-bond donors (Lipinski definition) is 1. The zero-order valence-electron chi connectivity index (χ0n) is 10.5. The van der Waals surface area contributed by atoms with Gasteiger partial charge in [0.05, 0.1) is 6.04 Å². The summed E-state index contributed by atoms with van der Waals surface area (Å²) in [5.74, 6) is -0.440. The third kappa shape index (κ3) is 4.03. The smallest absolute Gasteiger partial charge is 0.244 e. The maximum atomic E-state index is 12.8. The van der Waals surface area contributed by atoms with Crippen molar-refractivity contribution in [2.45, 2.75) is 13.0 Å². The number of rotatable bonds is 4. The Morgan fingerprint density at radius 3 is 2.68 bits per heavy atom. The third-order valence-corrected chi connectivity index (χ3v) is 3.51. The van der Waals surface area contributed by atoms with Gasteiger partial charge < -0.3 is 5.32 Å². The van der Waals surface area contributed by atoms with Crippen molar-refractivity contribution < 1.29 is 9.18 Å². The normalized spacial score (nSPS) is 12.5. The molecule has 0 aliphatic heterocycles. The molecule has 1 aromatic carbocycles. The Labute approximate surface area is 115 Å². The molecule has 2 nitrogen and oxygen atoms in total. The fourth-order valence-corrected chi connectivity index (χ4v) is 2.26. The van der Waals surface area contributed by atoms with Gasteiger partial charge in [0.1, 0.15) is 5.82 Å². The van der Waals surface area contributed by atoms with E-state index in [0.717, 1.165) is 10.4 Å². The lowest BCUT2D eigenvalue weighted by molar-refractivity contribution is -0.117. The molecule has 1 amide bonds. The van der Waals surface area contributed by atoms with Gasteiger partial charge in [-0.25, -0.2) is 4.39 Å². The second kappa shape index (κ2) is 6.29. The molecule has 0 saturated heterocycles. The predicted octanol–water partition coefficient (Wildman–Crippen LogP) is 3.78. The van der Waals surface area contributed by atoms with Crippen LogP contribution in [-0.4, -0.2) is 5.91 Å². The van der Waals surface area contributed by atoms with E-state index < -0.39 is 0 Å². The molecule has 0 radical (unpaired) electrons. The van der Waals surface area contributed by atoms with Crippen molar-refractivity contribution in [3.05, 3.63) is 64.1 Å². The molecule has 0 saturated carbocycles. The second-order valence-electron chi connectivity index (χ2n) is 4.13. The van der Waals surface area contributed by atoms with Crippen LogP contribution < -0.4 is 5.32 Å². The molecule has 1 atom stereocenters. The van der Waals surface area contributed by atoms with E-state index in [1.54, 1.807) is 29.5 Å². The zero-order chi connectivity index (χ0) is 13.7. The van der Waals surface area contributed by atoms with Crippen molar-refractivity contribution in [2.24, 2.45) is 0 Å². The van der Waals surface area contributed by atoms with Gasteiger partial charge in [-0.05, 0) is 42.1 Å². The fourth-order valence-electron chi connectivity index (χ4n) is 1.64. The average Bonchev–Trinajstić information content (AvgIpc) is 2.90. The van der Waals surface area contributed by atoms with E-state index >= 15 is 0 Å². The number of carbonyl (C=O) groups excluding carboxylic acids is 1. The molecule has 2 aromatic rings. The first-order chi connectivity index (χ1) is 9.15. The Kier molecular flexibility index (Phi) is 4.47. The monoisotopic (exact) mass is 275 g/mol. The number of hydrogen-bond acceptors (Lipinski definition) is 2. The lowest BCUT2D eigenvalue weighted by atomic mass is 10.1. The van der Waals surface area contributed by atoms with E-state index in [-0.39, 0.29) is 17.8 Å². The Hall–Kier alpha value is -1.94. The quantitative estimate of drug-likeness (QED) is 0.845. The summed E-state index contributed by atoms with van der Waals surface area (Å²) in [5, 5.41) is 4.79. The Morgan fingerprint density at radius 1 is 1.32 bits per heavy atom. The van der Waals surface area contributed by atoms with Gasteiger partial charge in [-0.3, -0.25) is 4.79 Å². The van der Waals surface area contributed by atoms with Crippen molar-refractivity contribution in [2.75, 3.05) is 0 Å². The summed E-state index contributed by atoms with van der Waals surface area (Å²) in [7, 11) is 0. The molecule has 4 heteroatoms. The van der Waals surface area contributed by atoms with Crippen molar-refractivity contribution >= 4 is 23.3 Å². The molecule has 0 aliphatic rings. The summed E-state index contributed by atoms with van der Waals surface area (Å²) in [6, 6.07) is 9.84. The molecule has 1 aromatic heterocycles. The fraction of sp³-hybridized carbons (Fsp3) is 0.133. The number of carbonyl (C=O) groups is 1. The van der Waals surface area contributed by atoms with Gasteiger partial charge in [-0.15, -0.1) is 11.3 Å². The highest BCUT2D eigenvalue weighted by atomic mass is 32.1. The predicted molar refractivity (Wildman–Crippen MR) is 76.3 cm³/mol. The van der Waals surface area contributed by atoms with Crippen molar-refractivity contribution in [3.8, 4) is 0 Å². The van der Waals surface area contributed by atoms with Gasteiger partial charge in [0, 0.05) is 11.0 Å². The van der Waals surface area contributed by atoms with Crippen LogP contribution in [0.2, 0.25) is 0 Å². The van der Waals surface area contributed by atoms with Crippen LogP contribution in [0, 0.1) is 5.82 Å². The van der Waals surface area contributed by atoms with Crippen LogP contribution in [0.25, 0.3) is 6.08 Å². The number of thiophene rings is 1. The van der Waals surface area contributed by atoms with Crippen LogP contribution >= 0.6 is 11.3 Å². The van der Waals surface area contributed by atoms with Crippen LogP contribution in [0.1, 0.15) is 23.4 Å². The molecule has 2 rings (SSSR count). The Bertz CT molecular complexity index is 560. The first kappa shape index (κ1) is 13.5. The van der Waals surface area contributed by atoms with Crippen LogP contribution in [0.3, 0.4) is 0 Å². The lowest BCUT2D eigenvalue weighted by Gasteiger charge is -2.12. The van der Waals surface area contributed by atoms with Gasteiger partial charge in [-0.1, -0.05) is 18.2 Å². The van der Waals surface area contributed by atoms with Gasteiger partial charge >= 0.3 is 0 Å². The summed E-state index contributed by atoms with van der Waals surface area (Å²) >= 11 is 1.57. The molecule has 98 valence electrons. The number of amides is 1. The molecule has 1 N–H and O–H groups in total. The van der Waals surface area contributed by atoms with Gasteiger partial charge in [-0.2, -0.15) is 0 Å². The molecule has 1 unspecified atom stereocenters. The molecule has 1 heterocycles. The molecular formula is C15H14FNOS. The van der Waals surface area contributed by atoms with E-state index in [2.05, 4.69) is 5.32 Å². The second-order valence-corrected chi connectivity index (χ2v) is 5.11. The number of halogens is 1. The van der Waals surface area contributed by atoms with Crippen LogP contribution in [0.4, 0.5) is 4.39 Å². The minimum absolute atomic E-state index is 0.152. The zero-order valence-corrected chi connectivity index (χ0v) is 11.3. The highest BCUT2D eigenvalue weighted by Gasteiger charge is 2.07. The van der Waals surface area contributed by atoms with E-state index in [1.807, 2.05) is 24.4 Å². The summed E-state index contributed by atoms with van der Waals surface area (Å²) < 4.78 is 12.8. The summed E-state index contributed by atoms with van der Waals surface area (Å²) in [6.07, 6.45) is 3.28. The first-order valence-corrected chi connectivity index (χ1v) is 6.80. The van der Waals surface area contributed by atoms with Gasteiger partial charge in [0.15, 0.2) is 0 Å². The Morgan fingerprint density at radius 2 is 2.05 bits per heavy atom. The van der Waals surface area contributed by atoms with Gasteiger partial charge in [0.25, 0.3) is 0 Å².